The average Bonchev–Trinajstić information content (AvgIpc) is 3.20. The van der Waals surface area contributed by atoms with Gasteiger partial charge in [-0.25, -0.2) is 13.8 Å². The molecule has 25 heavy (non-hydrogen) atoms. The molecule has 1 aliphatic rings. The zero-order valence-electron chi connectivity index (χ0n) is 14.0. The van der Waals surface area contributed by atoms with Crippen LogP contribution >= 0.6 is 0 Å². The lowest BCUT2D eigenvalue weighted by atomic mass is 10.0. The van der Waals surface area contributed by atoms with E-state index in [0.717, 1.165) is 23.7 Å². The molecule has 0 bridgehead atoms. The van der Waals surface area contributed by atoms with Crippen molar-refractivity contribution in [2.24, 2.45) is 7.05 Å². The molecule has 2 atom stereocenters. The van der Waals surface area contributed by atoms with Gasteiger partial charge in [0.15, 0.2) is 11.6 Å². The first-order chi connectivity index (χ1) is 12.0. The topological polar surface area (TPSA) is 52.0 Å². The van der Waals surface area contributed by atoms with Gasteiger partial charge in [0, 0.05) is 42.2 Å². The summed E-state index contributed by atoms with van der Waals surface area (Å²) in [5, 5.41) is 8.19. The second-order valence-corrected chi connectivity index (χ2v) is 6.35. The number of aryl methyl sites for hydroxylation is 2. The van der Waals surface area contributed by atoms with E-state index >= 15 is 0 Å². The van der Waals surface area contributed by atoms with Crippen LogP contribution < -0.4 is 5.32 Å². The van der Waals surface area contributed by atoms with Gasteiger partial charge in [0.05, 0.1) is 12.2 Å². The predicted molar refractivity (Wildman–Crippen MR) is 90.3 cm³/mol. The maximum Gasteiger partial charge on any atom is 0.185 e. The van der Waals surface area contributed by atoms with Crippen molar-refractivity contribution < 1.29 is 13.5 Å². The van der Waals surface area contributed by atoms with Gasteiger partial charge in [0.2, 0.25) is 0 Å². The van der Waals surface area contributed by atoms with Crippen molar-refractivity contribution in [1.82, 2.24) is 14.8 Å². The smallest absolute Gasteiger partial charge is 0.185 e. The quantitative estimate of drug-likeness (QED) is 0.790. The van der Waals surface area contributed by atoms with E-state index in [9.17, 15) is 8.78 Å². The summed E-state index contributed by atoms with van der Waals surface area (Å²) < 4.78 is 35.2. The van der Waals surface area contributed by atoms with Gasteiger partial charge >= 0.3 is 0 Å². The Bertz CT molecular complexity index is 940. The number of aromatic nitrogens is 3. The predicted octanol–water partition coefficient (Wildman–Crippen LogP) is 3.50. The molecule has 4 rings (SSSR count). The number of anilines is 1. The van der Waals surface area contributed by atoms with Crippen molar-refractivity contribution in [3.8, 4) is 0 Å². The fraction of sp³-hybridized carbons (Fsp3) is 0.333. The molecule has 2 aromatic heterocycles. The minimum atomic E-state index is -0.921. The number of nitrogens with zero attached hydrogens (tertiary/aromatic N) is 3. The molecule has 0 saturated carbocycles. The van der Waals surface area contributed by atoms with Crippen LogP contribution in [-0.2, 0) is 11.8 Å². The second kappa shape index (κ2) is 6.07. The standard InChI is InChI=1S/C18H18F2N4O/c1-10-7-15(12-3-4-13(19)16(20)17(12)22-10)23-14-5-6-25-18(14)11-8-21-24(2)9-11/h3-4,7-9,14,18H,5-6H2,1-2H3,(H,22,23)/t14-,18+/m0/s1. The Morgan fingerprint density at radius 2 is 2.16 bits per heavy atom. The lowest BCUT2D eigenvalue weighted by Crippen LogP contribution is -2.23. The van der Waals surface area contributed by atoms with Crippen LogP contribution in [0.4, 0.5) is 14.5 Å². The third-order valence-corrected chi connectivity index (χ3v) is 4.49. The first-order valence-corrected chi connectivity index (χ1v) is 8.15. The highest BCUT2D eigenvalue weighted by Crippen LogP contribution is 2.34. The summed E-state index contributed by atoms with van der Waals surface area (Å²) in [6, 6.07) is 4.54. The van der Waals surface area contributed by atoms with Crippen LogP contribution in [-0.4, -0.2) is 27.4 Å². The van der Waals surface area contributed by atoms with Crippen LogP contribution in [0.15, 0.2) is 30.6 Å². The Kier molecular flexibility index (Phi) is 3.88. The number of ether oxygens (including phenoxy) is 1. The molecular formula is C18H18F2N4O. The summed E-state index contributed by atoms with van der Waals surface area (Å²) in [6.45, 7) is 2.39. The molecule has 0 radical (unpaired) electrons. The normalized spacial score (nSPS) is 20.3. The van der Waals surface area contributed by atoms with Crippen LogP contribution in [0.1, 0.15) is 23.8 Å². The Morgan fingerprint density at radius 1 is 1.32 bits per heavy atom. The van der Waals surface area contributed by atoms with Gasteiger partial charge in [0.25, 0.3) is 0 Å². The fourth-order valence-electron chi connectivity index (χ4n) is 3.33. The van der Waals surface area contributed by atoms with Crippen LogP contribution in [0, 0.1) is 18.6 Å². The molecule has 7 heteroatoms. The van der Waals surface area contributed by atoms with Gasteiger partial charge in [-0.2, -0.15) is 5.10 Å². The molecule has 0 aliphatic carbocycles. The molecule has 0 unspecified atom stereocenters. The SMILES string of the molecule is Cc1cc(N[C@H]2CCO[C@@H]2c2cnn(C)c2)c2ccc(F)c(F)c2n1. The number of benzene rings is 1. The van der Waals surface area contributed by atoms with Crippen molar-refractivity contribution in [3.05, 3.63) is 53.5 Å². The Labute approximate surface area is 143 Å². The Hall–Kier alpha value is -2.54. The molecule has 1 aliphatic heterocycles. The minimum absolute atomic E-state index is 0.0160. The Morgan fingerprint density at radius 3 is 2.92 bits per heavy atom. The van der Waals surface area contributed by atoms with E-state index in [1.807, 2.05) is 19.3 Å². The van der Waals surface area contributed by atoms with Gasteiger partial charge in [-0.05, 0) is 31.5 Å². The summed E-state index contributed by atoms with van der Waals surface area (Å²) in [4.78, 5) is 4.15. The maximum absolute atomic E-state index is 14.1. The number of fused-ring (bicyclic) bond motifs is 1. The van der Waals surface area contributed by atoms with Crippen molar-refractivity contribution in [2.75, 3.05) is 11.9 Å². The molecule has 1 fully saturated rings. The van der Waals surface area contributed by atoms with E-state index in [2.05, 4.69) is 15.4 Å². The summed E-state index contributed by atoms with van der Waals surface area (Å²) in [5.74, 6) is -1.82. The van der Waals surface area contributed by atoms with E-state index in [1.165, 1.54) is 0 Å². The Balaban J connectivity index is 1.71. The number of rotatable bonds is 3. The van der Waals surface area contributed by atoms with Crippen molar-refractivity contribution in [2.45, 2.75) is 25.5 Å². The minimum Gasteiger partial charge on any atom is -0.379 e. The molecule has 1 saturated heterocycles. The van der Waals surface area contributed by atoms with Crippen molar-refractivity contribution in [3.63, 3.8) is 0 Å². The molecule has 3 aromatic rings. The summed E-state index contributed by atoms with van der Waals surface area (Å²) >= 11 is 0. The van der Waals surface area contributed by atoms with Gasteiger partial charge in [-0.3, -0.25) is 4.68 Å². The van der Waals surface area contributed by atoms with Crippen molar-refractivity contribution in [1.29, 1.82) is 0 Å². The van der Waals surface area contributed by atoms with Gasteiger partial charge in [0.1, 0.15) is 11.6 Å². The lowest BCUT2D eigenvalue weighted by molar-refractivity contribution is 0.107. The van der Waals surface area contributed by atoms with E-state index in [-0.39, 0.29) is 17.7 Å². The van der Waals surface area contributed by atoms with Crippen LogP contribution in [0.5, 0.6) is 0 Å². The van der Waals surface area contributed by atoms with E-state index in [4.69, 9.17) is 4.74 Å². The van der Waals surface area contributed by atoms with Crippen molar-refractivity contribution >= 4 is 16.6 Å². The third kappa shape index (κ3) is 2.84. The highest BCUT2D eigenvalue weighted by molar-refractivity contribution is 5.92. The number of halogens is 2. The molecule has 5 nitrogen and oxygen atoms in total. The van der Waals surface area contributed by atoms with Crippen LogP contribution in [0.25, 0.3) is 10.9 Å². The molecule has 1 N–H and O–H groups in total. The van der Waals surface area contributed by atoms with E-state index in [0.29, 0.717) is 17.7 Å². The first-order valence-electron chi connectivity index (χ1n) is 8.15. The second-order valence-electron chi connectivity index (χ2n) is 6.35. The van der Waals surface area contributed by atoms with Crippen LogP contribution in [0.3, 0.4) is 0 Å². The summed E-state index contributed by atoms with van der Waals surface area (Å²) in [6.07, 6.45) is 4.39. The summed E-state index contributed by atoms with van der Waals surface area (Å²) in [5.41, 5.74) is 2.38. The fourth-order valence-corrected chi connectivity index (χ4v) is 3.33. The molecule has 130 valence electrons. The first kappa shape index (κ1) is 16.0. The molecule has 1 aromatic carbocycles. The average molecular weight is 344 g/mol. The highest BCUT2D eigenvalue weighted by atomic mass is 19.2. The maximum atomic E-state index is 14.1. The number of pyridine rings is 1. The van der Waals surface area contributed by atoms with Gasteiger partial charge in [-0.1, -0.05) is 0 Å². The monoisotopic (exact) mass is 344 g/mol. The molecule has 0 spiro atoms. The zero-order valence-corrected chi connectivity index (χ0v) is 14.0. The molecular weight excluding hydrogens is 326 g/mol. The number of hydrogen-bond acceptors (Lipinski definition) is 4. The largest absolute Gasteiger partial charge is 0.379 e. The number of hydrogen-bond donors (Lipinski definition) is 1. The third-order valence-electron chi connectivity index (χ3n) is 4.49. The van der Waals surface area contributed by atoms with Gasteiger partial charge < -0.3 is 10.1 Å². The highest BCUT2D eigenvalue weighted by Gasteiger charge is 2.31. The van der Waals surface area contributed by atoms with Gasteiger partial charge in [-0.15, -0.1) is 0 Å². The number of nitrogens with one attached hydrogen (secondary N) is 1. The lowest BCUT2D eigenvalue weighted by Gasteiger charge is -2.21. The molecule has 3 heterocycles. The molecule has 0 amide bonds. The van der Waals surface area contributed by atoms with E-state index in [1.54, 1.807) is 23.9 Å². The summed E-state index contributed by atoms with van der Waals surface area (Å²) in [7, 11) is 1.86. The van der Waals surface area contributed by atoms with E-state index < -0.39 is 11.6 Å². The van der Waals surface area contributed by atoms with Crippen LogP contribution in [0.2, 0.25) is 0 Å². The zero-order chi connectivity index (χ0) is 17.6.